The molecule has 0 bridgehead atoms. The predicted octanol–water partition coefficient (Wildman–Crippen LogP) is 8.66. The van der Waals surface area contributed by atoms with Gasteiger partial charge in [0.1, 0.15) is 11.5 Å². The van der Waals surface area contributed by atoms with Crippen molar-refractivity contribution in [3.63, 3.8) is 0 Å². The summed E-state index contributed by atoms with van der Waals surface area (Å²) in [6.07, 6.45) is 7.33. The number of rotatable bonds is 13. The predicted molar refractivity (Wildman–Crippen MR) is 169 cm³/mol. The number of unbranched alkanes of at least 4 members (excludes halogenated alkanes) is 3. The average Bonchev–Trinajstić information content (AvgIpc) is 3.00. The summed E-state index contributed by atoms with van der Waals surface area (Å²) in [5.74, 6) is 0.509. The summed E-state index contributed by atoms with van der Waals surface area (Å²) in [5, 5.41) is 0. The number of carbonyl (C=O) groups excluding carboxylic acids is 2. The molecule has 0 N–H and O–H groups in total. The van der Waals surface area contributed by atoms with Gasteiger partial charge in [-0.05, 0) is 111 Å². The van der Waals surface area contributed by atoms with E-state index in [-0.39, 0.29) is 11.9 Å². The minimum Gasteiger partial charge on any atom is -0.427 e. The van der Waals surface area contributed by atoms with Crippen molar-refractivity contribution in [2.45, 2.75) is 52.4 Å². The molecule has 0 amide bonds. The first-order valence-electron chi connectivity index (χ1n) is 14.3. The van der Waals surface area contributed by atoms with Crippen LogP contribution >= 0.6 is 0 Å². The molecule has 0 heterocycles. The van der Waals surface area contributed by atoms with E-state index in [0.717, 1.165) is 35.3 Å². The second kappa shape index (κ2) is 15.8. The fourth-order valence-corrected chi connectivity index (χ4v) is 4.06. The number of nitrogens with zero attached hydrogens (tertiary/aromatic N) is 2. The Balaban J connectivity index is 1.07. The Morgan fingerprint density at radius 2 is 0.881 bits per heavy atom. The van der Waals surface area contributed by atoms with Gasteiger partial charge in [-0.3, -0.25) is 19.6 Å². The topological polar surface area (TPSA) is 77.3 Å². The molecule has 0 aliphatic rings. The van der Waals surface area contributed by atoms with Crippen LogP contribution in [0.2, 0.25) is 0 Å². The summed E-state index contributed by atoms with van der Waals surface area (Å²) in [7, 11) is 0. The van der Waals surface area contributed by atoms with Crippen molar-refractivity contribution in [3.8, 4) is 11.5 Å². The standard InChI is InChI=1S/C36H36N2O4/c1-27-9-17-31(18-10-27)37-25-29-13-21-33(22-14-29)41-35(39)7-5-3-4-6-8-36(40)42-34-23-15-30(16-24-34)26-38-32-19-11-28(2)12-20-32/h9-26H,3-8H2,1-2H3. The number of ether oxygens (including phenoxy) is 2. The fraction of sp³-hybridized carbons (Fsp3) is 0.222. The lowest BCUT2D eigenvalue weighted by atomic mass is 10.1. The third-order valence-electron chi connectivity index (χ3n) is 6.53. The molecule has 42 heavy (non-hydrogen) atoms. The van der Waals surface area contributed by atoms with Crippen LogP contribution < -0.4 is 9.47 Å². The summed E-state index contributed by atoms with van der Waals surface area (Å²) in [4.78, 5) is 33.3. The SMILES string of the molecule is Cc1ccc(N=Cc2ccc(OC(=O)CCCCCCC(=O)Oc3ccc(C=Nc4ccc(C)cc4)cc3)cc2)cc1. The average molecular weight is 561 g/mol. The van der Waals surface area contributed by atoms with Crippen LogP contribution in [0.5, 0.6) is 11.5 Å². The largest absolute Gasteiger partial charge is 0.427 e. The van der Waals surface area contributed by atoms with Crippen molar-refractivity contribution < 1.29 is 19.1 Å². The molecule has 0 aliphatic carbocycles. The molecule has 0 aromatic heterocycles. The highest BCUT2D eigenvalue weighted by Gasteiger charge is 2.07. The van der Waals surface area contributed by atoms with Crippen LogP contribution in [-0.2, 0) is 9.59 Å². The van der Waals surface area contributed by atoms with Gasteiger partial charge in [0.05, 0.1) is 11.4 Å². The quantitative estimate of drug-likeness (QED) is 0.0709. The molecule has 0 spiro atoms. The number of aryl methyl sites for hydroxylation is 2. The van der Waals surface area contributed by atoms with E-state index in [9.17, 15) is 9.59 Å². The molecule has 0 fully saturated rings. The van der Waals surface area contributed by atoms with Crippen molar-refractivity contribution in [2.75, 3.05) is 0 Å². The summed E-state index contributed by atoms with van der Waals surface area (Å²) in [6, 6.07) is 30.5. The van der Waals surface area contributed by atoms with Crippen LogP contribution in [0.3, 0.4) is 0 Å². The van der Waals surface area contributed by atoms with Crippen molar-refractivity contribution >= 4 is 35.7 Å². The Morgan fingerprint density at radius 1 is 0.524 bits per heavy atom. The van der Waals surface area contributed by atoms with E-state index in [0.29, 0.717) is 37.2 Å². The van der Waals surface area contributed by atoms with E-state index in [1.807, 2.05) is 86.6 Å². The minimum atomic E-state index is -0.261. The molecule has 0 saturated heterocycles. The van der Waals surface area contributed by atoms with E-state index < -0.39 is 0 Å². The van der Waals surface area contributed by atoms with Crippen LogP contribution in [0, 0.1) is 13.8 Å². The van der Waals surface area contributed by atoms with E-state index in [2.05, 4.69) is 9.98 Å². The molecule has 0 unspecified atom stereocenters. The first-order chi connectivity index (χ1) is 20.4. The minimum absolute atomic E-state index is 0.261. The van der Waals surface area contributed by atoms with Gasteiger partial charge in [-0.1, -0.05) is 48.2 Å². The van der Waals surface area contributed by atoms with Crippen molar-refractivity contribution in [2.24, 2.45) is 9.98 Å². The number of aliphatic imine (C=N–C) groups is 2. The molecular weight excluding hydrogens is 524 g/mol. The Labute approximate surface area is 247 Å². The maximum Gasteiger partial charge on any atom is 0.311 e. The zero-order valence-electron chi connectivity index (χ0n) is 24.2. The van der Waals surface area contributed by atoms with Crippen LogP contribution in [0.25, 0.3) is 0 Å². The molecular formula is C36H36N2O4. The van der Waals surface area contributed by atoms with E-state index in [1.54, 1.807) is 36.7 Å². The van der Waals surface area contributed by atoms with Gasteiger partial charge < -0.3 is 9.47 Å². The molecule has 4 rings (SSSR count). The van der Waals surface area contributed by atoms with Crippen molar-refractivity contribution in [1.29, 1.82) is 0 Å². The van der Waals surface area contributed by atoms with Gasteiger partial charge in [0, 0.05) is 25.3 Å². The Bertz CT molecular complexity index is 1370. The molecule has 0 atom stereocenters. The number of hydrogen-bond acceptors (Lipinski definition) is 6. The molecule has 4 aromatic rings. The normalized spacial score (nSPS) is 11.2. The summed E-state index contributed by atoms with van der Waals surface area (Å²) in [5.41, 5.74) is 6.01. The van der Waals surface area contributed by atoms with Gasteiger partial charge in [0.25, 0.3) is 0 Å². The highest BCUT2D eigenvalue weighted by Crippen LogP contribution is 2.18. The molecule has 4 aromatic carbocycles. The van der Waals surface area contributed by atoms with Gasteiger partial charge in [-0.25, -0.2) is 0 Å². The second-order valence-corrected chi connectivity index (χ2v) is 10.2. The van der Waals surface area contributed by atoms with Crippen molar-refractivity contribution in [1.82, 2.24) is 0 Å². The fourth-order valence-electron chi connectivity index (χ4n) is 4.06. The third-order valence-corrected chi connectivity index (χ3v) is 6.53. The summed E-state index contributed by atoms with van der Waals surface area (Å²) < 4.78 is 10.9. The molecule has 6 nitrogen and oxygen atoms in total. The van der Waals surface area contributed by atoms with Gasteiger partial charge in [-0.2, -0.15) is 0 Å². The zero-order chi connectivity index (χ0) is 29.6. The lowest BCUT2D eigenvalue weighted by Crippen LogP contribution is -2.08. The van der Waals surface area contributed by atoms with E-state index in [1.165, 1.54) is 11.1 Å². The lowest BCUT2D eigenvalue weighted by molar-refractivity contribution is -0.135. The Morgan fingerprint density at radius 3 is 1.24 bits per heavy atom. The highest BCUT2D eigenvalue weighted by molar-refractivity contribution is 5.83. The van der Waals surface area contributed by atoms with Crippen molar-refractivity contribution in [3.05, 3.63) is 119 Å². The highest BCUT2D eigenvalue weighted by atomic mass is 16.5. The monoisotopic (exact) mass is 560 g/mol. The zero-order valence-corrected chi connectivity index (χ0v) is 24.2. The van der Waals surface area contributed by atoms with E-state index in [4.69, 9.17) is 9.47 Å². The van der Waals surface area contributed by atoms with Gasteiger partial charge in [0.15, 0.2) is 0 Å². The molecule has 214 valence electrons. The molecule has 0 aliphatic heterocycles. The maximum absolute atomic E-state index is 12.2. The lowest BCUT2D eigenvalue weighted by Gasteiger charge is -2.06. The molecule has 0 radical (unpaired) electrons. The third kappa shape index (κ3) is 10.6. The Kier molecular flexibility index (Phi) is 11.3. The summed E-state index contributed by atoms with van der Waals surface area (Å²) >= 11 is 0. The van der Waals surface area contributed by atoms with Gasteiger partial charge in [0.2, 0.25) is 0 Å². The first-order valence-corrected chi connectivity index (χ1v) is 14.3. The first kappa shape index (κ1) is 30.1. The van der Waals surface area contributed by atoms with Gasteiger partial charge >= 0.3 is 11.9 Å². The van der Waals surface area contributed by atoms with Crippen LogP contribution in [0.4, 0.5) is 11.4 Å². The Hall–Kier alpha value is -4.84. The number of esters is 2. The second-order valence-electron chi connectivity index (χ2n) is 10.2. The number of carbonyl (C=O) groups is 2. The van der Waals surface area contributed by atoms with Crippen LogP contribution in [0.1, 0.15) is 60.8 Å². The smallest absolute Gasteiger partial charge is 0.311 e. The maximum atomic E-state index is 12.2. The number of benzene rings is 4. The van der Waals surface area contributed by atoms with Gasteiger partial charge in [-0.15, -0.1) is 0 Å². The van der Waals surface area contributed by atoms with Crippen LogP contribution in [0.15, 0.2) is 107 Å². The molecule has 6 heteroatoms. The molecule has 0 saturated carbocycles. The number of hydrogen-bond donors (Lipinski definition) is 0. The summed E-state index contributed by atoms with van der Waals surface area (Å²) in [6.45, 7) is 4.08. The van der Waals surface area contributed by atoms with E-state index >= 15 is 0 Å². The van der Waals surface area contributed by atoms with Crippen LogP contribution in [-0.4, -0.2) is 24.4 Å².